The van der Waals surface area contributed by atoms with E-state index in [2.05, 4.69) is 34.7 Å². The highest BCUT2D eigenvalue weighted by Crippen LogP contribution is 2.23. The molecule has 4 rings (SSSR count). The molecule has 2 N–H and O–H groups in total. The molecule has 0 saturated heterocycles. The smallest absolute Gasteiger partial charge is 0.257 e. The van der Waals surface area contributed by atoms with Gasteiger partial charge in [0.05, 0.1) is 5.56 Å². The molecular formula is C28H25N3O3. The largest absolute Gasteiger partial charge is 0.489 e. The van der Waals surface area contributed by atoms with Crippen molar-refractivity contribution >= 4 is 23.2 Å². The average Bonchev–Trinajstić information content (AvgIpc) is 2.85. The van der Waals surface area contributed by atoms with Crippen molar-refractivity contribution in [1.29, 1.82) is 0 Å². The van der Waals surface area contributed by atoms with E-state index in [1.165, 1.54) is 11.8 Å². The highest BCUT2D eigenvalue weighted by Gasteiger charge is 2.11. The van der Waals surface area contributed by atoms with Crippen LogP contribution in [0.5, 0.6) is 5.75 Å². The Balaban J connectivity index is 1.39. The summed E-state index contributed by atoms with van der Waals surface area (Å²) < 4.78 is 5.90. The maximum Gasteiger partial charge on any atom is 0.257 e. The molecule has 1 aromatic heterocycles. The second kappa shape index (κ2) is 10.4. The van der Waals surface area contributed by atoms with Crippen molar-refractivity contribution in [2.24, 2.45) is 0 Å². The highest BCUT2D eigenvalue weighted by atomic mass is 16.5. The number of aromatic nitrogens is 1. The van der Waals surface area contributed by atoms with Gasteiger partial charge in [-0.2, -0.15) is 0 Å². The lowest BCUT2D eigenvalue weighted by Gasteiger charge is -2.12. The van der Waals surface area contributed by atoms with Gasteiger partial charge < -0.3 is 15.4 Å². The van der Waals surface area contributed by atoms with E-state index in [-0.39, 0.29) is 11.8 Å². The molecule has 0 fully saturated rings. The number of amides is 2. The monoisotopic (exact) mass is 451 g/mol. The molecule has 0 aliphatic rings. The van der Waals surface area contributed by atoms with Crippen LogP contribution >= 0.6 is 0 Å². The molecule has 170 valence electrons. The first-order valence-corrected chi connectivity index (χ1v) is 10.9. The number of hydrogen-bond acceptors (Lipinski definition) is 4. The molecule has 1 heterocycles. The Bertz CT molecular complexity index is 1320. The molecule has 0 atom stereocenters. The second-order valence-electron chi connectivity index (χ2n) is 7.99. The minimum absolute atomic E-state index is 0.269. The predicted octanol–water partition coefficient (Wildman–Crippen LogP) is 5.78. The number of benzene rings is 3. The van der Waals surface area contributed by atoms with Crippen LogP contribution < -0.4 is 15.4 Å². The molecule has 6 heteroatoms. The van der Waals surface area contributed by atoms with Crippen LogP contribution in [0.25, 0.3) is 0 Å². The zero-order chi connectivity index (χ0) is 23.9. The van der Waals surface area contributed by atoms with E-state index in [4.69, 9.17) is 4.74 Å². The van der Waals surface area contributed by atoms with E-state index < -0.39 is 0 Å². The number of hydrogen-bond donors (Lipinski definition) is 2. The third kappa shape index (κ3) is 5.86. The topological polar surface area (TPSA) is 80.3 Å². The molecule has 0 spiro atoms. The minimum atomic E-state index is -0.289. The van der Waals surface area contributed by atoms with Gasteiger partial charge in [-0.3, -0.25) is 14.6 Å². The fourth-order valence-corrected chi connectivity index (χ4v) is 3.47. The third-order valence-corrected chi connectivity index (χ3v) is 5.24. The molecule has 34 heavy (non-hydrogen) atoms. The first-order chi connectivity index (χ1) is 16.5. The SMILES string of the molecule is Cc1cccc(COc2ccc(NC(=O)c3cccc(NC(=O)c4cccnc4)c3)c(C)c2)c1. The van der Waals surface area contributed by atoms with Gasteiger partial charge in [0.25, 0.3) is 11.8 Å². The van der Waals surface area contributed by atoms with Crippen LogP contribution in [-0.2, 0) is 6.61 Å². The van der Waals surface area contributed by atoms with Gasteiger partial charge in [-0.05, 0) is 73.5 Å². The lowest BCUT2D eigenvalue weighted by molar-refractivity contribution is 0.101. The van der Waals surface area contributed by atoms with Crippen LogP contribution in [0, 0.1) is 13.8 Å². The van der Waals surface area contributed by atoms with Gasteiger partial charge in [0.15, 0.2) is 0 Å². The van der Waals surface area contributed by atoms with E-state index in [1.807, 2.05) is 37.3 Å². The molecule has 3 aromatic carbocycles. The lowest BCUT2D eigenvalue weighted by atomic mass is 10.1. The summed E-state index contributed by atoms with van der Waals surface area (Å²) in [7, 11) is 0. The van der Waals surface area contributed by atoms with Crippen LogP contribution in [0.4, 0.5) is 11.4 Å². The van der Waals surface area contributed by atoms with Gasteiger partial charge in [0.2, 0.25) is 0 Å². The Labute approximate surface area is 198 Å². The van der Waals surface area contributed by atoms with Crippen molar-refractivity contribution in [3.8, 4) is 5.75 Å². The molecule has 4 aromatic rings. The van der Waals surface area contributed by atoms with Crippen LogP contribution in [0.15, 0.2) is 91.3 Å². The first kappa shape index (κ1) is 22.7. The summed E-state index contributed by atoms with van der Waals surface area (Å²) in [5, 5.41) is 5.72. The van der Waals surface area contributed by atoms with Crippen molar-refractivity contribution < 1.29 is 14.3 Å². The summed E-state index contributed by atoms with van der Waals surface area (Å²) >= 11 is 0. The molecule has 0 aliphatic heterocycles. The second-order valence-corrected chi connectivity index (χ2v) is 7.99. The number of rotatable bonds is 7. The number of carbonyl (C=O) groups is 2. The van der Waals surface area contributed by atoms with Crippen LogP contribution in [-0.4, -0.2) is 16.8 Å². The molecule has 0 radical (unpaired) electrons. The summed E-state index contributed by atoms with van der Waals surface area (Å²) in [6.45, 7) is 4.44. The third-order valence-electron chi connectivity index (χ3n) is 5.24. The van der Waals surface area contributed by atoms with Crippen molar-refractivity contribution in [2.75, 3.05) is 10.6 Å². The number of aryl methyl sites for hydroxylation is 2. The summed E-state index contributed by atoms with van der Waals surface area (Å²) in [6.07, 6.45) is 3.09. The highest BCUT2D eigenvalue weighted by molar-refractivity contribution is 6.07. The molecule has 0 saturated carbocycles. The Kier molecular flexibility index (Phi) is 6.98. The molecular weight excluding hydrogens is 426 g/mol. The van der Waals surface area contributed by atoms with Gasteiger partial charge in [0.1, 0.15) is 12.4 Å². The van der Waals surface area contributed by atoms with Crippen molar-refractivity contribution in [2.45, 2.75) is 20.5 Å². The van der Waals surface area contributed by atoms with E-state index in [1.54, 1.807) is 42.6 Å². The predicted molar refractivity (Wildman–Crippen MR) is 133 cm³/mol. The zero-order valence-corrected chi connectivity index (χ0v) is 19.0. The zero-order valence-electron chi connectivity index (χ0n) is 19.0. The Morgan fingerprint density at radius 3 is 2.38 bits per heavy atom. The van der Waals surface area contributed by atoms with Crippen LogP contribution in [0.2, 0.25) is 0 Å². The Hall–Kier alpha value is -4.45. The standard InChI is InChI=1S/C28H25N3O3/c1-19-6-3-7-21(14-19)18-34-25-11-12-26(20(2)15-25)31-27(32)22-8-4-10-24(16-22)30-28(33)23-9-5-13-29-17-23/h3-17H,18H2,1-2H3,(H,30,33)(H,31,32). The number of carbonyl (C=O) groups excluding carboxylic acids is 2. The van der Waals surface area contributed by atoms with Crippen LogP contribution in [0.1, 0.15) is 37.4 Å². The quantitative estimate of drug-likeness (QED) is 0.373. The van der Waals surface area contributed by atoms with Gasteiger partial charge in [-0.15, -0.1) is 0 Å². The molecule has 2 amide bonds. The number of pyridine rings is 1. The number of anilines is 2. The maximum absolute atomic E-state index is 12.8. The summed E-state index contributed by atoms with van der Waals surface area (Å²) in [5.41, 5.74) is 5.27. The van der Waals surface area contributed by atoms with Crippen LogP contribution in [0.3, 0.4) is 0 Å². The molecule has 0 unspecified atom stereocenters. The fraction of sp³-hybridized carbons (Fsp3) is 0.107. The molecule has 0 bridgehead atoms. The van der Waals surface area contributed by atoms with Gasteiger partial charge in [0, 0.05) is 29.3 Å². The summed E-state index contributed by atoms with van der Waals surface area (Å²) in [4.78, 5) is 29.1. The van der Waals surface area contributed by atoms with E-state index in [9.17, 15) is 9.59 Å². The van der Waals surface area contributed by atoms with Gasteiger partial charge in [-0.1, -0.05) is 35.9 Å². The Morgan fingerprint density at radius 2 is 1.62 bits per heavy atom. The van der Waals surface area contributed by atoms with Crippen molar-refractivity contribution in [1.82, 2.24) is 4.98 Å². The summed E-state index contributed by atoms with van der Waals surface area (Å²) in [6, 6.07) is 23.9. The fourth-order valence-electron chi connectivity index (χ4n) is 3.47. The summed E-state index contributed by atoms with van der Waals surface area (Å²) in [5.74, 6) is 0.175. The number of nitrogens with zero attached hydrogens (tertiary/aromatic N) is 1. The number of ether oxygens (including phenoxy) is 1. The van der Waals surface area contributed by atoms with Crippen molar-refractivity contribution in [3.63, 3.8) is 0 Å². The normalized spacial score (nSPS) is 10.4. The molecule has 0 aliphatic carbocycles. The lowest BCUT2D eigenvalue weighted by Crippen LogP contribution is -2.15. The first-order valence-electron chi connectivity index (χ1n) is 10.9. The minimum Gasteiger partial charge on any atom is -0.489 e. The van der Waals surface area contributed by atoms with Gasteiger partial charge >= 0.3 is 0 Å². The van der Waals surface area contributed by atoms with E-state index in [0.717, 1.165) is 16.9 Å². The van der Waals surface area contributed by atoms with E-state index in [0.29, 0.717) is 29.1 Å². The van der Waals surface area contributed by atoms with E-state index >= 15 is 0 Å². The van der Waals surface area contributed by atoms with Gasteiger partial charge in [-0.25, -0.2) is 0 Å². The maximum atomic E-state index is 12.8. The Morgan fingerprint density at radius 1 is 0.824 bits per heavy atom. The molecule has 6 nitrogen and oxygen atoms in total. The number of nitrogens with one attached hydrogen (secondary N) is 2. The van der Waals surface area contributed by atoms with Crippen molar-refractivity contribution in [3.05, 3.63) is 119 Å². The average molecular weight is 452 g/mol.